The lowest BCUT2D eigenvalue weighted by Crippen LogP contribution is -2.32. The Morgan fingerprint density at radius 2 is 2.00 bits per heavy atom. The topological polar surface area (TPSA) is 129 Å². The summed E-state index contributed by atoms with van der Waals surface area (Å²) in [7, 11) is 0. The second kappa shape index (κ2) is 8.06. The van der Waals surface area contributed by atoms with Gasteiger partial charge in [0.2, 0.25) is 5.65 Å². The SMILES string of the molecule is NC[C@]1(c2ccccc2F)[C@@H]2CCN(c3cnc4c(-c5ccc6c(=O)[nH]ncc6c5Cl)[nH]nc4n3)C[C@@H]21. The van der Waals surface area contributed by atoms with Gasteiger partial charge in [-0.1, -0.05) is 35.9 Å². The molecule has 1 saturated carbocycles. The molecule has 2 aromatic carbocycles. The van der Waals surface area contributed by atoms with E-state index in [0.717, 1.165) is 30.9 Å². The van der Waals surface area contributed by atoms with E-state index >= 15 is 0 Å². The summed E-state index contributed by atoms with van der Waals surface area (Å²) in [6.45, 7) is 1.93. The maximum absolute atomic E-state index is 14.7. The molecule has 1 aliphatic heterocycles. The number of H-pyrrole nitrogens is 2. The summed E-state index contributed by atoms with van der Waals surface area (Å²) in [5.74, 6) is 1.14. The van der Waals surface area contributed by atoms with Crippen LogP contribution in [0.4, 0.5) is 10.2 Å². The second-order valence-corrected chi connectivity index (χ2v) is 10.1. The van der Waals surface area contributed by atoms with E-state index in [1.54, 1.807) is 24.4 Å². The quantitative estimate of drug-likeness (QED) is 0.334. The van der Waals surface area contributed by atoms with Gasteiger partial charge in [0.05, 0.1) is 28.5 Å². The van der Waals surface area contributed by atoms with Gasteiger partial charge in [0.15, 0.2) is 0 Å². The van der Waals surface area contributed by atoms with Crippen molar-refractivity contribution in [3.05, 3.63) is 75.5 Å². The number of anilines is 1. The minimum absolute atomic E-state index is 0.188. The molecule has 2 fully saturated rings. The highest BCUT2D eigenvalue weighted by Crippen LogP contribution is 2.63. The first-order chi connectivity index (χ1) is 18.0. The Kier molecular flexibility index (Phi) is 4.86. The molecular formula is C26H22ClFN8O. The number of nitrogens with zero attached hydrogens (tertiary/aromatic N) is 5. The molecular weight excluding hydrogens is 495 g/mol. The number of fused-ring (bicyclic) bond motifs is 3. The van der Waals surface area contributed by atoms with Crippen LogP contribution in [0.1, 0.15) is 12.0 Å². The van der Waals surface area contributed by atoms with Crippen LogP contribution in [-0.2, 0) is 5.41 Å². The molecule has 4 heterocycles. The fourth-order valence-corrected chi connectivity index (χ4v) is 6.60. The van der Waals surface area contributed by atoms with E-state index in [9.17, 15) is 9.18 Å². The molecule has 4 N–H and O–H groups in total. The molecule has 2 aliphatic rings. The van der Waals surface area contributed by atoms with E-state index in [-0.39, 0.29) is 22.7 Å². The van der Waals surface area contributed by atoms with Gasteiger partial charge in [-0.05, 0) is 36.0 Å². The number of nitrogens with one attached hydrogen (secondary N) is 2. The number of nitrogens with two attached hydrogens (primary N) is 1. The predicted molar refractivity (Wildman–Crippen MR) is 139 cm³/mol. The first-order valence-corrected chi connectivity index (χ1v) is 12.5. The lowest BCUT2D eigenvalue weighted by Gasteiger charge is -2.26. The van der Waals surface area contributed by atoms with Crippen molar-refractivity contribution in [2.45, 2.75) is 11.8 Å². The van der Waals surface area contributed by atoms with Crippen LogP contribution in [-0.4, -0.2) is 50.0 Å². The molecule has 3 aromatic heterocycles. The van der Waals surface area contributed by atoms with Crippen LogP contribution >= 0.6 is 11.6 Å². The summed E-state index contributed by atoms with van der Waals surface area (Å²) in [6.07, 6.45) is 4.16. The van der Waals surface area contributed by atoms with Crippen molar-refractivity contribution in [1.82, 2.24) is 30.4 Å². The van der Waals surface area contributed by atoms with E-state index in [4.69, 9.17) is 22.3 Å². The maximum atomic E-state index is 14.7. The van der Waals surface area contributed by atoms with Gasteiger partial charge in [-0.3, -0.25) is 9.89 Å². The van der Waals surface area contributed by atoms with Gasteiger partial charge in [0.25, 0.3) is 5.56 Å². The van der Waals surface area contributed by atoms with E-state index in [1.165, 1.54) is 12.3 Å². The van der Waals surface area contributed by atoms with Gasteiger partial charge in [-0.2, -0.15) is 10.2 Å². The van der Waals surface area contributed by atoms with Crippen LogP contribution < -0.4 is 16.2 Å². The molecule has 9 nitrogen and oxygen atoms in total. The molecule has 3 atom stereocenters. The van der Waals surface area contributed by atoms with Gasteiger partial charge < -0.3 is 10.6 Å². The van der Waals surface area contributed by atoms with E-state index in [1.807, 2.05) is 12.1 Å². The first-order valence-electron chi connectivity index (χ1n) is 12.1. The van der Waals surface area contributed by atoms with E-state index in [0.29, 0.717) is 50.7 Å². The van der Waals surface area contributed by atoms with Crippen molar-refractivity contribution in [1.29, 1.82) is 0 Å². The van der Waals surface area contributed by atoms with Crippen LogP contribution in [0, 0.1) is 17.7 Å². The Balaban J connectivity index is 1.21. The zero-order chi connectivity index (χ0) is 25.3. The van der Waals surface area contributed by atoms with Crippen molar-refractivity contribution in [3.8, 4) is 11.3 Å². The molecule has 0 radical (unpaired) electrons. The fraction of sp³-hybridized carbons (Fsp3) is 0.269. The fourth-order valence-electron chi connectivity index (χ4n) is 6.29. The molecule has 0 spiro atoms. The molecule has 7 rings (SSSR count). The Bertz CT molecular complexity index is 1750. The van der Waals surface area contributed by atoms with Crippen molar-refractivity contribution < 1.29 is 4.39 Å². The highest BCUT2D eigenvalue weighted by Gasteiger charge is 2.66. The predicted octanol–water partition coefficient (Wildman–Crippen LogP) is 3.40. The van der Waals surface area contributed by atoms with Crippen LogP contribution in [0.5, 0.6) is 0 Å². The Labute approximate surface area is 214 Å². The Morgan fingerprint density at radius 1 is 1.14 bits per heavy atom. The third-order valence-electron chi connectivity index (χ3n) is 8.17. The summed E-state index contributed by atoms with van der Waals surface area (Å²) >= 11 is 6.65. The number of aromatic amines is 2. The van der Waals surface area contributed by atoms with E-state index < -0.39 is 0 Å². The lowest BCUT2D eigenvalue weighted by atomic mass is 9.91. The summed E-state index contributed by atoms with van der Waals surface area (Å²) in [5.41, 5.74) is 8.63. The van der Waals surface area contributed by atoms with Crippen molar-refractivity contribution >= 4 is 39.4 Å². The van der Waals surface area contributed by atoms with Crippen LogP contribution in [0.25, 0.3) is 33.2 Å². The van der Waals surface area contributed by atoms with Crippen LogP contribution in [0.15, 0.2) is 53.6 Å². The molecule has 37 heavy (non-hydrogen) atoms. The monoisotopic (exact) mass is 516 g/mol. The highest BCUT2D eigenvalue weighted by molar-refractivity contribution is 6.38. The highest BCUT2D eigenvalue weighted by atomic mass is 35.5. The van der Waals surface area contributed by atoms with Crippen molar-refractivity contribution in [2.75, 3.05) is 24.5 Å². The second-order valence-electron chi connectivity index (χ2n) is 9.76. The molecule has 0 unspecified atom stereocenters. The number of rotatable bonds is 4. The van der Waals surface area contributed by atoms with Gasteiger partial charge in [-0.25, -0.2) is 19.5 Å². The molecule has 186 valence electrons. The minimum Gasteiger partial charge on any atom is -0.355 e. The van der Waals surface area contributed by atoms with E-state index in [2.05, 4.69) is 30.3 Å². The minimum atomic E-state index is -0.333. The standard InChI is InChI=1S/C26H22ClFN8O/c27-21-14(6-5-13-15(21)9-31-35-25(13)37)22-23-24(34-33-22)32-20(10-30-23)36-8-7-16-18(11-36)26(16,12-29)17-3-1-2-4-19(17)28/h1-6,9-10,16,18H,7-8,11-12,29H2,(H,35,37)(H,32,33,34)/t16-,18+,26-/m1/s1. The smallest absolute Gasteiger partial charge is 0.272 e. The number of aromatic nitrogens is 6. The number of piperidine rings is 1. The van der Waals surface area contributed by atoms with Crippen molar-refractivity contribution in [2.24, 2.45) is 17.6 Å². The largest absolute Gasteiger partial charge is 0.355 e. The zero-order valence-electron chi connectivity index (χ0n) is 19.6. The van der Waals surface area contributed by atoms with Crippen molar-refractivity contribution in [3.63, 3.8) is 0 Å². The summed E-state index contributed by atoms with van der Waals surface area (Å²) in [5, 5.41) is 15.0. The molecule has 5 aromatic rings. The third-order valence-corrected chi connectivity index (χ3v) is 8.58. The molecule has 0 amide bonds. The lowest BCUT2D eigenvalue weighted by molar-refractivity contribution is 0.533. The maximum Gasteiger partial charge on any atom is 0.272 e. The number of benzene rings is 2. The van der Waals surface area contributed by atoms with Gasteiger partial charge in [0.1, 0.15) is 17.2 Å². The summed E-state index contributed by atoms with van der Waals surface area (Å²) in [4.78, 5) is 23.7. The average molecular weight is 517 g/mol. The summed E-state index contributed by atoms with van der Waals surface area (Å²) in [6, 6.07) is 10.4. The van der Waals surface area contributed by atoms with Crippen LogP contribution in [0.2, 0.25) is 5.02 Å². The Hall–Kier alpha value is -3.89. The van der Waals surface area contributed by atoms with Crippen LogP contribution in [0.3, 0.4) is 0 Å². The Morgan fingerprint density at radius 3 is 2.84 bits per heavy atom. The summed E-state index contributed by atoms with van der Waals surface area (Å²) < 4.78 is 14.7. The first kappa shape index (κ1) is 22.3. The number of hydrogen-bond acceptors (Lipinski definition) is 7. The number of halogens is 2. The molecule has 11 heteroatoms. The van der Waals surface area contributed by atoms with Gasteiger partial charge >= 0.3 is 0 Å². The molecule has 0 bridgehead atoms. The molecule has 1 aliphatic carbocycles. The normalized spacial score (nSPS) is 22.9. The molecule has 1 saturated heterocycles. The average Bonchev–Trinajstić information content (AvgIpc) is 3.38. The van der Waals surface area contributed by atoms with Gasteiger partial charge in [0, 0.05) is 36.0 Å². The van der Waals surface area contributed by atoms with Gasteiger partial charge in [-0.15, -0.1) is 0 Å². The number of hydrogen-bond donors (Lipinski definition) is 3. The third kappa shape index (κ3) is 3.15. The zero-order valence-corrected chi connectivity index (χ0v) is 20.3.